The Kier molecular flexibility index (Phi) is 3.03. The van der Waals surface area contributed by atoms with Gasteiger partial charge in [-0.2, -0.15) is 0 Å². The first kappa shape index (κ1) is 7.05. The molecular weight excluding hydrogens is 152 g/mol. The van der Waals surface area contributed by atoms with Crippen molar-refractivity contribution in [3.8, 4) is 0 Å². The van der Waals surface area contributed by atoms with Crippen LogP contribution in [0, 0.1) is 0 Å². The van der Waals surface area contributed by atoms with Gasteiger partial charge in [0.25, 0.3) is 0 Å². The van der Waals surface area contributed by atoms with Crippen LogP contribution in [-0.2, 0) is 0 Å². The van der Waals surface area contributed by atoms with Crippen LogP contribution in [-0.4, -0.2) is 17.3 Å². The Bertz CT molecular complexity index is 150. The quantitative estimate of drug-likeness (QED) is 0.627. The molecule has 0 saturated carbocycles. The van der Waals surface area contributed by atoms with E-state index in [1.807, 2.05) is 5.38 Å². The maximum absolute atomic E-state index is 6.86. The molecule has 0 bridgehead atoms. The monoisotopic (exact) mass is 159 g/mol. The summed E-state index contributed by atoms with van der Waals surface area (Å²) in [5.74, 6) is 0.855. The molecule has 0 fully saturated rings. The van der Waals surface area contributed by atoms with Crippen LogP contribution in [0.3, 0.4) is 0 Å². The van der Waals surface area contributed by atoms with Crippen LogP contribution >= 0.6 is 23.1 Å². The Hall–Kier alpha value is -0.0600. The highest BCUT2D eigenvalue weighted by Crippen LogP contribution is 2.18. The second kappa shape index (κ2) is 3.87. The molecule has 1 aromatic rings. The van der Waals surface area contributed by atoms with Gasteiger partial charge in [0, 0.05) is 23.9 Å². The summed E-state index contributed by atoms with van der Waals surface area (Å²) in [4.78, 5) is 4.05. The number of hydrogen-bond donors (Lipinski definition) is 0. The van der Waals surface area contributed by atoms with Crippen LogP contribution in [0.4, 0.5) is 0 Å². The summed E-state index contributed by atoms with van der Waals surface area (Å²) in [6.07, 6.45) is 1.79. The third-order valence-corrected chi connectivity index (χ3v) is 2.70. The first-order valence-electron chi connectivity index (χ1n) is 2.60. The van der Waals surface area contributed by atoms with E-state index < -0.39 is 0 Å². The summed E-state index contributed by atoms with van der Waals surface area (Å²) in [6, 6.07) is 0. The highest BCUT2D eigenvalue weighted by Gasteiger charge is 1.92. The Balaban J connectivity index is 2.30. The summed E-state index contributed by atoms with van der Waals surface area (Å²) in [6.45, 7) is 0.476. The zero-order valence-corrected chi connectivity index (χ0v) is 6.47. The van der Waals surface area contributed by atoms with Gasteiger partial charge >= 0.3 is 0 Å². The van der Waals surface area contributed by atoms with Crippen molar-refractivity contribution in [2.75, 3.05) is 12.3 Å². The molecule has 0 unspecified atom stereocenters. The van der Waals surface area contributed by atoms with Gasteiger partial charge in [0.2, 0.25) is 0 Å². The number of nitrogens with zero attached hydrogens (tertiary/aromatic N) is 1. The van der Waals surface area contributed by atoms with Crippen molar-refractivity contribution >= 4 is 23.1 Å². The molecule has 0 aliphatic rings. The smallest absolute Gasteiger partial charge is 0.149 e. The Morgan fingerprint density at radius 1 is 1.78 bits per heavy atom. The van der Waals surface area contributed by atoms with Gasteiger partial charge in [-0.05, 0) is 0 Å². The summed E-state index contributed by atoms with van der Waals surface area (Å²) in [5.41, 5.74) is 6.86. The maximum Gasteiger partial charge on any atom is 0.149 e. The molecule has 0 amide bonds. The van der Waals surface area contributed by atoms with Crippen molar-refractivity contribution in [1.29, 1.82) is 0 Å². The van der Waals surface area contributed by atoms with Gasteiger partial charge in [-0.15, -0.1) is 11.3 Å². The second-order valence-corrected chi connectivity index (χ2v) is 3.63. The molecule has 9 heavy (non-hydrogen) atoms. The van der Waals surface area contributed by atoms with Crippen molar-refractivity contribution in [3.05, 3.63) is 11.6 Å². The van der Waals surface area contributed by atoms with E-state index in [-0.39, 0.29) is 0 Å². The van der Waals surface area contributed by atoms with Crippen molar-refractivity contribution in [2.45, 2.75) is 4.34 Å². The number of thioether (sulfide) groups is 1. The third-order valence-electron chi connectivity index (χ3n) is 0.737. The minimum Gasteiger partial charge on any atom is -0.257 e. The van der Waals surface area contributed by atoms with Gasteiger partial charge in [0.05, 0.1) is 0 Å². The van der Waals surface area contributed by atoms with Gasteiger partial charge in [-0.3, -0.25) is 5.73 Å². The molecule has 0 saturated heterocycles. The predicted molar refractivity (Wildman–Crippen MR) is 40.8 cm³/mol. The van der Waals surface area contributed by atoms with E-state index in [0.717, 1.165) is 10.1 Å². The van der Waals surface area contributed by atoms with Crippen molar-refractivity contribution in [1.82, 2.24) is 10.7 Å². The largest absolute Gasteiger partial charge is 0.257 e. The van der Waals surface area contributed by atoms with E-state index in [2.05, 4.69) is 4.98 Å². The topological polar surface area (TPSA) is 36.7 Å². The molecule has 4 heteroatoms. The van der Waals surface area contributed by atoms with Gasteiger partial charge in [-0.1, -0.05) is 11.8 Å². The molecule has 0 spiro atoms. The fourth-order valence-corrected chi connectivity index (χ4v) is 1.88. The van der Waals surface area contributed by atoms with E-state index in [4.69, 9.17) is 5.73 Å². The van der Waals surface area contributed by atoms with Crippen molar-refractivity contribution < 1.29 is 0 Å². The zero-order valence-electron chi connectivity index (χ0n) is 4.83. The molecule has 1 radical (unpaired) electrons. The van der Waals surface area contributed by atoms with Crippen molar-refractivity contribution in [2.24, 2.45) is 0 Å². The van der Waals surface area contributed by atoms with E-state index >= 15 is 0 Å². The van der Waals surface area contributed by atoms with Crippen molar-refractivity contribution in [3.63, 3.8) is 0 Å². The van der Waals surface area contributed by atoms with Gasteiger partial charge in [0.1, 0.15) is 4.34 Å². The number of aromatic nitrogens is 1. The minimum absolute atomic E-state index is 0.476. The van der Waals surface area contributed by atoms with Gasteiger partial charge in [-0.25, -0.2) is 4.98 Å². The normalized spacial score (nSPS) is 9.89. The Labute approximate surface area is 62.5 Å². The second-order valence-electron chi connectivity index (χ2n) is 1.40. The van der Waals surface area contributed by atoms with Crippen LogP contribution in [0.15, 0.2) is 15.9 Å². The highest BCUT2D eigenvalue weighted by molar-refractivity contribution is 8.01. The minimum atomic E-state index is 0.476. The molecule has 1 N–H and O–H groups in total. The fourth-order valence-electron chi connectivity index (χ4n) is 0.420. The summed E-state index contributed by atoms with van der Waals surface area (Å²) >= 11 is 3.28. The number of nitrogens with one attached hydrogen (secondary N) is 1. The van der Waals surface area contributed by atoms with Crippen LogP contribution < -0.4 is 5.73 Å². The molecule has 0 atom stereocenters. The molecular formula is C5H7N2S2. The van der Waals surface area contributed by atoms with E-state index in [1.54, 1.807) is 29.3 Å². The lowest BCUT2D eigenvalue weighted by Crippen LogP contribution is -1.86. The lowest BCUT2D eigenvalue weighted by atomic mass is 10.8. The SMILES string of the molecule is [NH]CCSc1nccs1. The summed E-state index contributed by atoms with van der Waals surface area (Å²) < 4.78 is 1.07. The first-order chi connectivity index (χ1) is 4.43. The Morgan fingerprint density at radius 3 is 3.22 bits per heavy atom. The molecule has 0 aromatic carbocycles. The van der Waals surface area contributed by atoms with Gasteiger partial charge in [0.15, 0.2) is 0 Å². The van der Waals surface area contributed by atoms with E-state index in [0.29, 0.717) is 6.54 Å². The van der Waals surface area contributed by atoms with Gasteiger partial charge < -0.3 is 0 Å². The predicted octanol–water partition coefficient (Wildman–Crippen LogP) is 1.52. The summed E-state index contributed by atoms with van der Waals surface area (Å²) in [5, 5.41) is 1.95. The average Bonchev–Trinajstić information content (AvgIpc) is 2.34. The number of thiazole rings is 1. The molecule has 0 aliphatic carbocycles. The van der Waals surface area contributed by atoms with Crippen LogP contribution in [0.2, 0.25) is 0 Å². The first-order valence-corrected chi connectivity index (χ1v) is 4.47. The average molecular weight is 159 g/mol. The molecule has 1 heterocycles. The lowest BCUT2D eigenvalue weighted by Gasteiger charge is -1.88. The van der Waals surface area contributed by atoms with E-state index in [9.17, 15) is 0 Å². The Morgan fingerprint density at radius 2 is 2.67 bits per heavy atom. The van der Waals surface area contributed by atoms with E-state index in [1.165, 1.54) is 0 Å². The highest BCUT2D eigenvalue weighted by atomic mass is 32.2. The maximum atomic E-state index is 6.86. The van der Waals surface area contributed by atoms with Crippen LogP contribution in [0.1, 0.15) is 0 Å². The lowest BCUT2D eigenvalue weighted by molar-refractivity contribution is 1.10. The molecule has 1 rings (SSSR count). The molecule has 2 nitrogen and oxygen atoms in total. The van der Waals surface area contributed by atoms with Crippen LogP contribution in [0.5, 0.6) is 0 Å². The molecule has 0 aliphatic heterocycles. The number of hydrogen-bond acceptors (Lipinski definition) is 3. The molecule has 1 aromatic heterocycles. The zero-order chi connectivity index (χ0) is 6.53. The third kappa shape index (κ3) is 2.34. The summed E-state index contributed by atoms with van der Waals surface area (Å²) in [7, 11) is 0. The molecule has 49 valence electrons. The van der Waals surface area contributed by atoms with Crippen LogP contribution in [0.25, 0.3) is 0 Å². The fraction of sp³-hybridized carbons (Fsp3) is 0.400. The standard InChI is InChI=1S/C5H7N2S2/c6-1-3-8-5-7-2-4-9-5/h2,4,6H,1,3H2. The number of rotatable bonds is 3.